The molecule has 1 aromatic heterocycles. The second kappa shape index (κ2) is 7.84. The van der Waals surface area contributed by atoms with Crippen LogP contribution in [0.25, 0.3) is 0 Å². The lowest BCUT2D eigenvalue weighted by molar-refractivity contribution is -0.124. The number of aromatic nitrogens is 2. The van der Waals surface area contributed by atoms with E-state index in [1.165, 1.54) is 0 Å². The quantitative estimate of drug-likeness (QED) is 0.712. The van der Waals surface area contributed by atoms with Crippen LogP contribution in [0.3, 0.4) is 0 Å². The van der Waals surface area contributed by atoms with Crippen molar-refractivity contribution in [2.24, 2.45) is 0 Å². The summed E-state index contributed by atoms with van der Waals surface area (Å²) in [6, 6.07) is 0. The van der Waals surface area contributed by atoms with Crippen molar-refractivity contribution in [3.63, 3.8) is 0 Å². The summed E-state index contributed by atoms with van der Waals surface area (Å²) < 4.78 is 28.6. The van der Waals surface area contributed by atoms with E-state index in [0.717, 1.165) is 32.0 Å². The number of amides is 1. The van der Waals surface area contributed by atoms with Gasteiger partial charge in [-0.25, -0.2) is 8.42 Å². The molecule has 3 rings (SSSR count). The van der Waals surface area contributed by atoms with Gasteiger partial charge in [0.25, 0.3) is 0 Å². The average molecular weight is 400 g/mol. The fourth-order valence-electron chi connectivity index (χ4n) is 3.55. The van der Waals surface area contributed by atoms with Gasteiger partial charge in [-0.05, 0) is 13.3 Å². The summed E-state index contributed by atoms with van der Waals surface area (Å²) in [5.74, 6) is 1.66. The smallest absolute Gasteiger partial charge is 0.240 e. The highest BCUT2D eigenvalue weighted by atomic mass is 32.2. The van der Waals surface area contributed by atoms with Crippen molar-refractivity contribution in [2.75, 3.05) is 44.2 Å². The molecule has 0 aromatic carbocycles. The van der Waals surface area contributed by atoms with Gasteiger partial charge in [-0.1, -0.05) is 19.0 Å². The van der Waals surface area contributed by atoms with Crippen molar-refractivity contribution in [1.29, 1.82) is 0 Å². The molecule has 2 saturated heterocycles. The van der Waals surface area contributed by atoms with E-state index in [1.54, 1.807) is 0 Å². The van der Waals surface area contributed by atoms with Crippen LogP contribution in [-0.2, 0) is 21.2 Å². The van der Waals surface area contributed by atoms with Crippen LogP contribution in [0, 0.1) is 0 Å². The molecule has 27 heavy (non-hydrogen) atoms. The molecular formula is C17H29N5O4S. The summed E-state index contributed by atoms with van der Waals surface area (Å²) in [5.41, 5.74) is -0.635. The van der Waals surface area contributed by atoms with E-state index in [1.807, 2.05) is 20.8 Å². The molecule has 0 spiro atoms. The van der Waals surface area contributed by atoms with Crippen molar-refractivity contribution < 1.29 is 17.7 Å². The lowest BCUT2D eigenvalue weighted by Crippen LogP contribution is -2.53. The summed E-state index contributed by atoms with van der Waals surface area (Å²) in [6.45, 7) is 9.96. The zero-order valence-electron chi connectivity index (χ0n) is 16.3. The lowest BCUT2D eigenvalue weighted by Gasteiger charge is -2.34. The number of carbonyl (C=O) groups is 1. The molecule has 1 unspecified atom stereocenters. The summed E-state index contributed by atoms with van der Waals surface area (Å²) in [4.78, 5) is 21.1. The van der Waals surface area contributed by atoms with Gasteiger partial charge in [0.1, 0.15) is 0 Å². The molecule has 1 aromatic rings. The number of piperazine rings is 1. The number of hydrogen-bond acceptors (Lipinski definition) is 8. The largest absolute Gasteiger partial charge is 0.349 e. The Hall–Kier alpha value is -1.52. The van der Waals surface area contributed by atoms with Gasteiger partial charge < -0.3 is 9.84 Å². The van der Waals surface area contributed by atoms with Crippen molar-refractivity contribution >= 4 is 15.7 Å². The van der Waals surface area contributed by atoms with Crippen LogP contribution in [-0.4, -0.2) is 84.0 Å². The topological polar surface area (TPSA) is 109 Å². The fraction of sp³-hybridized carbons (Fsp3) is 0.824. The molecule has 10 heteroatoms. The third kappa shape index (κ3) is 5.49. The summed E-state index contributed by atoms with van der Waals surface area (Å²) in [6.07, 6.45) is 0.484. The number of nitrogens with one attached hydrogen (secondary N) is 1. The maximum absolute atomic E-state index is 12.3. The van der Waals surface area contributed by atoms with Gasteiger partial charge in [-0.2, -0.15) is 4.98 Å². The number of rotatable bonds is 6. The van der Waals surface area contributed by atoms with E-state index >= 15 is 0 Å². The monoisotopic (exact) mass is 399 g/mol. The predicted octanol–water partition coefficient (Wildman–Crippen LogP) is 0.00400. The van der Waals surface area contributed by atoms with Gasteiger partial charge in [-0.3, -0.25) is 14.6 Å². The van der Waals surface area contributed by atoms with Gasteiger partial charge >= 0.3 is 0 Å². The van der Waals surface area contributed by atoms with E-state index in [-0.39, 0.29) is 23.3 Å². The molecule has 3 heterocycles. The van der Waals surface area contributed by atoms with E-state index in [2.05, 4.69) is 25.3 Å². The maximum Gasteiger partial charge on any atom is 0.240 e. The minimum Gasteiger partial charge on any atom is -0.349 e. The minimum absolute atomic E-state index is 0.0298. The third-order valence-corrected chi connectivity index (χ3v) is 7.04. The van der Waals surface area contributed by atoms with Crippen LogP contribution in [0.5, 0.6) is 0 Å². The first-order chi connectivity index (χ1) is 12.6. The lowest BCUT2D eigenvalue weighted by atomic mass is 10.0. The third-order valence-electron chi connectivity index (χ3n) is 5.14. The van der Waals surface area contributed by atoms with Gasteiger partial charge in [0.05, 0.1) is 30.1 Å². The number of hydrogen-bond donors (Lipinski definition) is 1. The molecule has 9 nitrogen and oxygen atoms in total. The number of carbonyl (C=O) groups excluding carboxylic acids is 1. The van der Waals surface area contributed by atoms with Gasteiger partial charge in [0, 0.05) is 32.1 Å². The SMILES string of the molecule is CC(C)c1noc(CN2CCN(CC(=O)NC3(C)CCS(=O)(=O)C3)CC2)n1. The summed E-state index contributed by atoms with van der Waals surface area (Å²) in [5, 5.41) is 6.90. The van der Waals surface area contributed by atoms with Crippen molar-refractivity contribution in [3.05, 3.63) is 11.7 Å². The molecule has 152 valence electrons. The van der Waals surface area contributed by atoms with Crippen molar-refractivity contribution in [3.8, 4) is 0 Å². The highest BCUT2D eigenvalue weighted by Gasteiger charge is 2.39. The maximum atomic E-state index is 12.3. The number of sulfone groups is 1. The standard InChI is InChI=1S/C17H29N5O4S/c1-13(2)16-18-15(26-20-16)11-22-7-5-21(6-8-22)10-14(23)19-17(3)4-9-27(24,25)12-17/h13H,4-12H2,1-3H3,(H,19,23). The Labute approximate surface area is 160 Å². The van der Waals surface area contributed by atoms with E-state index in [9.17, 15) is 13.2 Å². The van der Waals surface area contributed by atoms with Crippen molar-refractivity contribution in [1.82, 2.24) is 25.3 Å². The Bertz CT molecular complexity index is 770. The van der Waals surface area contributed by atoms with E-state index in [4.69, 9.17) is 4.52 Å². The normalized spacial score (nSPS) is 26.5. The first kappa shape index (κ1) is 20.2. The van der Waals surface area contributed by atoms with Gasteiger partial charge in [-0.15, -0.1) is 0 Å². The molecule has 2 fully saturated rings. The van der Waals surface area contributed by atoms with Crippen molar-refractivity contribution in [2.45, 2.75) is 45.2 Å². The predicted molar refractivity (Wildman–Crippen MR) is 99.9 cm³/mol. The zero-order valence-corrected chi connectivity index (χ0v) is 17.1. The van der Waals surface area contributed by atoms with Gasteiger partial charge in [0.2, 0.25) is 11.8 Å². The van der Waals surface area contributed by atoms with E-state index in [0.29, 0.717) is 25.4 Å². The molecule has 0 saturated carbocycles. The highest BCUT2D eigenvalue weighted by Crippen LogP contribution is 2.22. The molecule has 2 aliphatic rings. The second-order valence-electron chi connectivity index (χ2n) is 8.20. The molecule has 0 aliphatic carbocycles. The van der Waals surface area contributed by atoms with Gasteiger partial charge in [0.15, 0.2) is 15.7 Å². The van der Waals surface area contributed by atoms with Crippen LogP contribution in [0.2, 0.25) is 0 Å². The number of nitrogens with zero attached hydrogens (tertiary/aromatic N) is 4. The van der Waals surface area contributed by atoms with Crippen LogP contribution in [0.1, 0.15) is 44.8 Å². The average Bonchev–Trinajstić information content (AvgIpc) is 3.13. The summed E-state index contributed by atoms with van der Waals surface area (Å²) >= 11 is 0. The molecule has 1 atom stereocenters. The van der Waals surface area contributed by atoms with Crippen LogP contribution in [0.4, 0.5) is 0 Å². The molecule has 1 N–H and O–H groups in total. The fourth-order valence-corrected chi connectivity index (χ4v) is 5.64. The Morgan fingerprint density at radius 2 is 1.93 bits per heavy atom. The molecule has 2 aliphatic heterocycles. The highest BCUT2D eigenvalue weighted by molar-refractivity contribution is 7.91. The Morgan fingerprint density at radius 3 is 2.48 bits per heavy atom. The zero-order chi connectivity index (χ0) is 19.7. The van der Waals surface area contributed by atoms with Crippen LogP contribution in [0.15, 0.2) is 4.52 Å². The Balaban J connectivity index is 1.42. The van der Waals surface area contributed by atoms with E-state index < -0.39 is 15.4 Å². The molecule has 0 bridgehead atoms. The second-order valence-corrected chi connectivity index (χ2v) is 10.4. The molecule has 0 radical (unpaired) electrons. The minimum atomic E-state index is -3.03. The molecule has 1 amide bonds. The Kier molecular flexibility index (Phi) is 5.87. The van der Waals surface area contributed by atoms with Crippen LogP contribution >= 0.6 is 0 Å². The first-order valence-electron chi connectivity index (χ1n) is 9.43. The first-order valence-corrected chi connectivity index (χ1v) is 11.2. The summed E-state index contributed by atoms with van der Waals surface area (Å²) in [7, 11) is -3.03. The Morgan fingerprint density at radius 1 is 1.26 bits per heavy atom. The molecular weight excluding hydrogens is 370 g/mol. The van der Waals surface area contributed by atoms with Crippen LogP contribution < -0.4 is 5.32 Å².